The van der Waals surface area contributed by atoms with Gasteiger partial charge in [-0.2, -0.15) is 0 Å². The SMILES string of the molecule is C=C(CO)CCOc1cccc(-c2ccc(-c3cccc(OCCC(=C)CO)c3)c(OCCCCCCC)c2)c1.C=O.C=O.CO. The van der Waals surface area contributed by atoms with Crippen LogP contribution in [0, 0.1) is 0 Å². The highest BCUT2D eigenvalue weighted by Crippen LogP contribution is 2.36. The fourth-order valence-corrected chi connectivity index (χ4v) is 4.25. The molecule has 3 aromatic carbocycles. The molecular formula is C38H52O8. The molecule has 8 nitrogen and oxygen atoms in total. The molecule has 0 aliphatic rings. The topological polar surface area (TPSA) is 123 Å². The number of rotatable bonds is 19. The van der Waals surface area contributed by atoms with Crippen molar-refractivity contribution in [2.24, 2.45) is 0 Å². The molecule has 0 spiro atoms. The van der Waals surface area contributed by atoms with Gasteiger partial charge in [0.25, 0.3) is 0 Å². The number of carbonyl (C=O) groups is 2. The Hall–Kier alpha value is -4.24. The Labute approximate surface area is 275 Å². The summed E-state index contributed by atoms with van der Waals surface area (Å²) >= 11 is 0. The van der Waals surface area contributed by atoms with Gasteiger partial charge in [-0.05, 0) is 64.6 Å². The van der Waals surface area contributed by atoms with Gasteiger partial charge in [-0.15, -0.1) is 0 Å². The van der Waals surface area contributed by atoms with Crippen LogP contribution in [0.15, 0.2) is 91.0 Å². The van der Waals surface area contributed by atoms with Crippen LogP contribution in [0.5, 0.6) is 17.2 Å². The molecule has 0 bridgehead atoms. The highest BCUT2D eigenvalue weighted by Gasteiger charge is 2.11. The van der Waals surface area contributed by atoms with Gasteiger partial charge in [0.05, 0.1) is 33.0 Å². The van der Waals surface area contributed by atoms with Crippen LogP contribution in [-0.2, 0) is 9.59 Å². The molecule has 0 radical (unpaired) electrons. The molecule has 0 aliphatic heterocycles. The van der Waals surface area contributed by atoms with Crippen LogP contribution >= 0.6 is 0 Å². The first-order valence-corrected chi connectivity index (χ1v) is 15.3. The van der Waals surface area contributed by atoms with Crippen LogP contribution in [0.25, 0.3) is 22.3 Å². The lowest BCUT2D eigenvalue weighted by molar-refractivity contribution is -0.0987. The quantitative estimate of drug-likeness (QED) is 0.0930. The number of hydrogen-bond donors (Lipinski definition) is 3. The van der Waals surface area contributed by atoms with E-state index in [0.29, 0.717) is 32.7 Å². The molecule has 3 N–H and O–H groups in total. The molecule has 0 heterocycles. The molecular weight excluding hydrogens is 584 g/mol. The maximum absolute atomic E-state index is 9.19. The van der Waals surface area contributed by atoms with Crippen molar-refractivity contribution in [1.29, 1.82) is 0 Å². The lowest BCUT2D eigenvalue weighted by Crippen LogP contribution is -2.01. The van der Waals surface area contributed by atoms with Crippen molar-refractivity contribution in [3.8, 4) is 39.5 Å². The van der Waals surface area contributed by atoms with Crippen molar-refractivity contribution in [3.05, 3.63) is 91.0 Å². The molecule has 252 valence electrons. The third-order valence-electron chi connectivity index (χ3n) is 6.70. The van der Waals surface area contributed by atoms with E-state index in [1.807, 2.05) is 50.0 Å². The molecule has 0 amide bonds. The van der Waals surface area contributed by atoms with Gasteiger partial charge in [0, 0.05) is 25.5 Å². The van der Waals surface area contributed by atoms with Crippen molar-refractivity contribution in [3.63, 3.8) is 0 Å². The summed E-state index contributed by atoms with van der Waals surface area (Å²) < 4.78 is 18.2. The van der Waals surface area contributed by atoms with Gasteiger partial charge >= 0.3 is 0 Å². The van der Waals surface area contributed by atoms with Crippen molar-refractivity contribution >= 4 is 13.6 Å². The summed E-state index contributed by atoms with van der Waals surface area (Å²) in [5.74, 6) is 2.38. The molecule has 0 unspecified atom stereocenters. The van der Waals surface area contributed by atoms with E-state index in [1.165, 1.54) is 19.3 Å². The lowest BCUT2D eigenvalue weighted by Gasteiger charge is -2.16. The number of benzene rings is 3. The molecule has 0 atom stereocenters. The number of carbonyl (C=O) groups excluding carboxylic acids is 2. The standard InChI is InChI=1S/C35H44O5.CH4O.2CH2O/c1-4-5-6-7-8-19-40-35-24-30(29-11-9-13-32(22-29)38-20-17-27(2)25-36)15-16-34(35)31-12-10-14-33(23-31)39-21-18-28(3)26-37;3*1-2/h9-16,22-24,36-37H,2-8,17-21,25-26H2,1H3;2H,1H3;2*1H2. The number of unbranched alkanes of at least 4 members (excludes halogenated alkanes) is 4. The largest absolute Gasteiger partial charge is 0.493 e. The van der Waals surface area contributed by atoms with Crippen LogP contribution in [0.1, 0.15) is 51.9 Å². The Kier molecular flexibility index (Phi) is 24.6. The van der Waals surface area contributed by atoms with Crippen LogP contribution in [0.3, 0.4) is 0 Å². The maximum Gasteiger partial charge on any atom is 0.127 e. The normalized spacial score (nSPS) is 9.67. The van der Waals surface area contributed by atoms with Gasteiger partial charge in [0.15, 0.2) is 0 Å². The Morgan fingerprint density at radius 1 is 0.609 bits per heavy atom. The first-order chi connectivity index (χ1) is 22.5. The molecule has 0 saturated heterocycles. The Bertz CT molecular complexity index is 1250. The molecule has 46 heavy (non-hydrogen) atoms. The number of ether oxygens (including phenoxy) is 3. The molecule has 8 heteroatoms. The Morgan fingerprint density at radius 2 is 1.11 bits per heavy atom. The molecule has 3 aromatic rings. The van der Waals surface area contributed by atoms with Crippen molar-refractivity contribution < 1.29 is 39.1 Å². The molecule has 3 rings (SSSR count). The summed E-state index contributed by atoms with van der Waals surface area (Å²) in [5.41, 5.74) is 5.63. The Balaban J connectivity index is 0.00000318. The third kappa shape index (κ3) is 16.2. The predicted molar refractivity (Wildman–Crippen MR) is 187 cm³/mol. The van der Waals surface area contributed by atoms with Gasteiger partial charge in [-0.3, -0.25) is 0 Å². The van der Waals surface area contributed by atoms with E-state index in [2.05, 4.69) is 50.4 Å². The fraction of sp³-hybridized carbons (Fsp3) is 0.368. The average molecular weight is 637 g/mol. The predicted octanol–water partition coefficient (Wildman–Crippen LogP) is 7.24. The zero-order valence-electron chi connectivity index (χ0n) is 27.5. The summed E-state index contributed by atoms with van der Waals surface area (Å²) in [5, 5.41) is 25.4. The second kappa shape index (κ2) is 27.1. The lowest BCUT2D eigenvalue weighted by atomic mass is 9.98. The van der Waals surface area contributed by atoms with Gasteiger partial charge in [-0.25, -0.2) is 0 Å². The van der Waals surface area contributed by atoms with E-state index in [4.69, 9.17) is 34.0 Å². The minimum Gasteiger partial charge on any atom is -0.493 e. The molecule has 0 fully saturated rings. The van der Waals surface area contributed by atoms with Crippen LogP contribution in [0.4, 0.5) is 0 Å². The van der Waals surface area contributed by atoms with Crippen LogP contribution in [-0.4, -0.2) is 69.0 Å². The zero-order chi connectivity index (χ0) is 34.6. The van der Waals surface area contributed by atoms with Gasteiger partial charge < -0.3 is 39.1 Å². The number of aliphatic hydroxyl groups excluding tert-OH is 3. The summed E-state index contributed by atoms with van der Waals surface area (Å²) in [6.45, 7) is 15.4. The number of hydrogen-bond acceptors (Lipinski definition) is 8. The smallest absolute Gasteiger partial charge is 0.127 e. The minimum absolute atomic E-state index is 0.0222. The van der Waals surface area contributed by atoms with Crippen LogP contribution < -0.4 is 14.2 Å². The summed E-state index contributed by atoms with van der Waals surface area (Å²) in [7, 11) is 1.00. The zero-order valence-corrected chi connectivity index (χ0v) is 27.5. The van der Waals surface area contributed by atoms with Gasteiger partial charge in [0.2, 0.25) is 0 Å². The van der Waals surface area contributed by atoms with Crippen molar-refractivity contribution in [1.82, 2.24) is 0 Å². The van der Waals surface area contributed by atoms with E-state index in [0.717, 1.165) is 70.6 Å². The first kappa shape index (κ1) is 41.8. The van der Waals surface area contributed by atoms with Crippen molar-refractivity contribution in [2.45, 2.75) is 51.9 Å². The highest BCUT2D eigenvalue weighted by molar-refractivity contribution is 5.77. The third-order valence-corrected chi connectivity index (χ3v) is 6.70. The summed E-state index contributed by atoms with van der Waals surface area (Å²) in [6.07, 6.45) is 7.11. The highest BCUT2D eigenvalue weighted by atomic mass is 16.5. The monoisotopic (exact) mass is 636 g/mol. The van der Waals surface area contributed by atoms with E-state index in [-0.39, 0.29) is 13.2 Å². The molecule has 0 saturated carbocycles. The Morgan fingerprint density at radius 3 is 1.65 bits per heavy atom. The summed E-state index contributed by atoms with van der Waals surface area (Å²) in [4.78, 5) is 16.0. The van der Waals surface area contributed by atoms with Crippen LogP contribution in [0.2, 0.25) is 0 Å². The first-order valence-electron chi connectivity index (χ1n) is 15.3. The fourth-order valence-electron chi connectivity index (χ4n) is 4.25. The molecule has 0 aromatic heterocycles. The maximum atomic E-state index is 9.19. The molecule has 0 aliphatic carbocycles. The second-order valence-corrected chi connectivity index (χ2v) is 10.0. The van der Waals surface area contributed by atoms with Crippen molar-refractivity contribution in [2.75, 3.05) is 40.1 Å². The van der Waals surface area contributed by atoms with E-state index in [1.54, 1.807) is 0 Å². The van der Waals surface area contributed by atoms with Gasteiger partial charge in [0.1, 0.15) is 30.8 Å². The van der Waals surface area contributed by atoms with E-state index in [9.17, 15) is 5.11 Å². The van der Waals surface area contributed by atoms with E-state index < -0.39 is 0 Å². The minimum atomic E-state index is -0.0244. The second-order valence-electron chi connectivity index (χ2n) is 10.0. The summed E-state index contributed by atoms with van der Waals surface area (Å²) in [6, 6.07) is 22.4. The number of aliphatic hydroxyl groups is 3. The van der Waals surface area contributed by atoms with Gasteiger partial charge in [-0.1, -0.05) is 82.2 Å². The average Bonchev–Trinajstić information content (AvgIpc) is 3.12. The van der Waals surface area contributed by atoms with E-state index >= 15 is 0 Å².